The third kappa shape index (κ3) is 2.08. The second-order valence-electron chi connectivity index (χ2n) is 4.63. The van der Waals surface area contributed by atoms with Gasteiger partial charge in [0.1, 0.15) is 0 Å². The summed E-state index contributed by atoms with van der Waals surface area (Å²) in [6.45, 7) is 1.55. The molecular formula is C13H14ClNO3. The molecule has 4 nitrogen and oxygen atoms in total. The molecule has 0 bridgehead atoms. The van der Waals surface area contributed by atoms with Crippen LogP contribution in [0.5, 0.6) is 0 Å². The van der Waals surface area contributed by atoms with Crippen LogP contribution in [0.15, 0.2) is 24.3 Å². The van der Waals surface area contributed by atoms with Crippen LogP contribution in [-0.2, 0) is 15.1 Å². The van der Waals surface area contributed by atoms with Crippen LogP contribution in [0.2, 0.25) is 5.02 Å². The van der Waals surface area contributed by atoms with Gasteiger partial charge in [0.2, 0.25) is 6.41 Å². The van der Waals surface area contributed by atoms with Crippen molar-refractivity contribution in [2.75, 3.05) is 0 Å². The van der Waals surface area contributed by atoms with Gasteiger partial charge in [0.05, 0.1) is 0 Å². The summed E-state index contributed by atoms with van der Waals surface area (Å²) in [5.41, 5.74) is -0.786. The highest BCUT2D eigenvalue weighted by molar-refractivity contribution is 6.30. The van der Waals surface area contributed by atoms with Crippen LogP contribution in [0.3, 0.4) is 0 Å². The van der Waals surface area contributed by atoms with E-state index < -0.39 is 11.5 Å². The maximum Gasteiger partial charge on any atom is 0.334 e. The maximum absolute atomic E-state index is 11.6. The van der Waals surface area contributed by atoms with E-state index in [-0.39, 0.29) is 6.04 Å². The number of hydrogen-bond acceptors (Lipinski definition) is 2. The Bertz CT molecular complexity index is 470. The SMILES string of the molecule is CC(C(=O)O)(c1ccc(Cl)cc1)N(C=O)C1CC1. The molecule has 2 rings (SSSR count). The molecule has 96 valence electrons. The van der Waals surface area contributed by atoms with E-state index in [4.69, 9.17) is 11.6 Å². The van der Waals surface area contributed by atoms with Gasteiger partial charge in [0.15, 0.2) is 5.54 Å². The molecule has 18 heavy (non-hydrogen) atoms. The number of benzene rings is 1. The zero-order chi connectivity index (χ0) is 13.3. The van der Waals surface area contributed by atoms with Gasteiger partial charge in [-0.2, -0.15) is 0 Å². The molecular weight excluding hydrogens is 254 g/mol. The van der Waals surface area contributed by atoms with Crippen molar-refractivity contribution >= 4 is 24.0 Å². The highest BCUT2D eigenvalue weighted by Gasteiger charge is 2.47. The number of amides is 1. The van der Waals surface area contributed by atoms with Gasteiger partial charge in [-0.05, 0) is 37.5 Å². The summed E-state index contributed by atoms with van der Waals surface area (Å²) in [6.07, 6.45) is 2.34. The van der Waals surface area contributed by atoms with E-state index in [0.29, 0.717) is 17.0 Å². The summed E-state index contributed by atoms with van der Waals surface area (Å²) >= 11 is 5.80. The van der Waals surface area contributed by atoms with Gasteiger partial charge in [0.25, 0.3) is 0 Å². The molecule has 1 aliphatic rings. The lowest BCUT2D eigenvalue weighted by molar-refractivity contribution is -0.155. The number of hydrogen-bond donors (Lipinski definition) is 1. The first kappa shape index (κ1) is 12.9. The third-order valence-electron chi connectivity index (χ3n) is 3.39. The molecule has 1 unspecified atom stereocenters. The van der Waals surface area contributed by atoms with E-state index in [9.17, 15) is 14.7 Å². The van der Waals surface area contributed by atoms with E-state index >= 15 is 0 Å². The smallest absolute Gasteiger partial charge is 0.334 e. The highest BCUT2D eigenvalue weighted by atomic mass is 35.5. The first-order chi connectivity index (χ1) is 8.50. The van der Waals surface area contributed by atoms with Gasteiger partial charge < -0.3 is 10.0 Å². The zero-order valence-electron chi connectivity index (χ0n) is 9.97. The average molecular weight is 268 g/mol. The summed E-state index contributed by atoms with van der Waals surface area (Å²) in [4.78, 5) is 24.2. The molecule has 0 saturated heterocycles. The van der Waals surface area contributed by atoms with Crippen molar-refractivity contribution in [2.45, 2.75) is 31.3 Å². The first-order valence-electron chi connectivity index (χ1n) is 5.73. The molecule has 0 radical (unpaired) electrons. The number of carbonyl (C=O) groups excluding carboxylic acids is 1. The van der Waals surface area contributed by atoms with E-state index in [2.05, 4.69) is 0 Å². The molecule has 5 heteroatoms. The van der Waals surface area contributed by atoms with Crippen LogP contribution in [0.25, 0.3) is 0 Å². The quantitative estimate of drug-likeness (QED) is 0.833. The van der Waals surface area contributed by atoms with Crippen molar-refractivity contribution in [3.05, 3.63) is 34.9 Å². The normalized spacial score (nSPS) is 17.9. The molecule has 0 heterocycles. The highest BCUT2D eigenvalue weighted by Crippen LogP contribution is 2.37. The molecule has 0 spiro atoms. The number of carboxylic acid groups (broad SMARTS) is 1. The Morgan fingerprint density at radius 3 is 2.39 bits per heavy atom. The zero-order valence-corrected chi connectivity index (χ0v) is 10.7. The number of carbonyl (C=O) groups is 2. The number of halogens is 1. The summed E-state index contributed by atoms with van der Waals surface area (Å²) in [6, 6.07) is 6.59. The topological polar surface area (TPSA) is 57.6 Å². The Balaban J connectivity index is 2.45. The first-order valence-corrected chi connectivity index (χ1v) is 6.11. The maximum atomic E-state index is 11.6. The Morgan fingerprint density at radius 2 is 2.00 bits per heavy atom. The standard InChI is InChI=1S/C13H14ClNO3/c1-13(12(17)18,15(8-16)11-6-7-11)9-2-4-10(14)5-3-9/h2-5,8,11H,6-7H2,1H3,(H,17,18). The van der Waals surface area contributed by atoms with Gasteiger partial charge in [-0.3, -0.25) is 4.79 Å². The fraction of sp³-hybridized carbons (Fsp3) is 0.385. The summed E-state index contributed by atoms with van der Waals surface area (Å²) in [5.74, 6) is -1.04. The molecule has 0 aromatic heterocycles. The van der Waals surface area contributed by atoms with Gasteiger partial charge >= 0.3 is 5.97 Å². The lowest BCUT2D eigenvalue weighted by atomic mass is 9.90. The van der Waals surface area contributed by atoms with Crippen LogP contribution in [0, 0.1) is 0 Å². The van der Waals surface area contributed by atoms with Crippen molar-refractivity contribution in [1.29, 1.82) is 0 Å². The van der Waals surface area contributed by atoms with Crippen LogP contribution in [0.1, 0.15) is 25.3 Å². The van der Waals surface area contributed by atoms with E-state index in [1.54, 1.807) is 31.2 Å². The minimum absolute atomic E-state index is 0.0271. The number of rotatable bonds is 5. The van der Waals surface area contributed by atoms with E-state index in [1.807, 2.05) is 0 Å². The monoisotopic (exact) mass is 267 g/mol. The van der Waals surface area contributed by atoms with Gasteiger partial charge in [-0.1, -0.05) is 23.7 Å². The van der Waals surface area contributed by atoms with Crippen molar-refractivity contribution in [2.24, 2.45) is 0 Å². The van der Waals surface area contributed by atoms with E-state index in [1.165, 1.54) is 4.90 Å². The van der Waals surface area contributed by atoms with Gasteiger partial charge in [0, 0.05) is 11.1 Å². The fourth-order valence-corrected chi connectivity index (χ4v) is 2.19. The Hall–Kier alpha value is -1.55. The summed E-state index contributed by atoms with van der Waals surface area (Å²) in [7, 11) is 0. The molecule has 1 amide bonds. The molecule has 1 N–H and O–H groups in total. The lowest BCUT2D eigenvalue weighted by Crippen LogP contribution is -2.50. The lowest BCUT2D eigenvalue weighted by Gasteiger charge is -2.35. The van der Waals surface area contributed by atoms with Crippen LogP contribution >= 0.6 is 11.6 Å². The molecule has 1 aromatic carbocycles. The van der Waals surface area contributed by atoms with Crippen LogP contribution in [-0.4, -0.2) is 28.4 Å². The van der Waals surface area contributed by atoms with Crippen molar-refractivity contribution in [3.63, 3.8) is 0 Å². The molecule has 1 aromatic rings. The number of nitrogens with zero attached hydrogens (tertiary/aromatic N) is 1. The molecule has 0 aliphatic heterocycles. The van der Waals surface area contributed by atoms with Crippen molar-refractivity contribution in [1.82, 2.24) is 4.90 Å². The summed E-state index contributed by atoms with van der Waals surface area (Å²) in [5, 5.41) is 10.0. The minimum atomic E-state index is -1.34. The number of carboxylic acids is 1. The van der Waals surface area contributed by atoms with E-state index in [0.717, 1.165) is 12.8 Å². The van der Waals surface area contributed by atoms with Crippen LogP contribution in [0.4, 0.5) is 0 Å². The van der Waals surface area contributed by atoms with Gasteiger partial charge in [-0.25, -0.2) is 4.79 Å². The fourth-order valence-electron chi connectivity index (χ4n) is 2.07. The Kier molecular flexibility index (Phi) is 3.30. The second kappa shape index (κ2) is 4.61. The summed E-state index contributed by atoms with van der Waals surface area (Å²) < 4.78 is 0. The molecule has 1 aliphatic carbocycles. The second-order valence-corrected chi connectivity index (χ2v) is 5.06. The Morgan fingerprint density at radius 1 is 1.44 bits per heavy atom. The molecule has 1 atom stereocenters. The van der Waals surface area contributed by atoms with Crippen molar-refractivity contribution < 1.29 is 14.7 Å². The third-order valence-corrected chi connectivity index (χ3v) is 3.64. The van der Waals surface area contributed by atoms with Crippen molar-refractivity contribution in [3.8, 4) is 0 Å². The average Bonchev–Trinajstić information content (AvgIpc) is 3.14. The van der Waals surface area contributed by atoms with Crippen LogP contribution < -0.4 is 0 Å². The predicted octanol–water partition coefficient (Wildman–Crippen LogP) is 2.26. The minimum Gasteiger partial charge on any atom is -0.479 e. The predicted molar refractivity (Wildman–Crippen MR) is 67.4 cm³/mol. The van der Waals surface area contributed by atoms with Gasteiger partial charge in [-0.15, -0.1) is 0 Å². The largest absolute Gasteiger partial charge is 0.479 e. The number of aliphatic carboxylic acids is 1. The Labute approximate surface area is 110 Å². The molecule has 1 fully saturated rings. The molecule has 1 saturated carbocycles.